The van der Waals surface area contributed by atoms with E-state index in [1.54, 1.807) is 7.11 Å². The number of methoxy groups -OCH3 is 1. The third-order valence-corrected chi connectivity index (χ3v) is 4.05. The van der Waals surface area contributed by atoms with Crippen molar-refractivity contribution < 1.29 is 9.47 Å². The molecule has 1 aliphatic rings. The molecule has 1 aromatic carbocycles. The molecule has 2 aromatic rings. The number of nitrogens with zero attached hydrogens (tertiary/aromatic N) is 1. The first-order valence-corrected chi connectivity index (χ1v) is 7.71. The van der Waals surface area contributed by atoms with Crippen molar-refractivity contribution in [1.82, 2.24) is 4.98 Å². The van der Waals surface area contributed by atoms with Gasteiger partial charge in [0.1, 0.15) is 17.2 Å². The van der Waals surface area contributed by atoms with Crippen molar-refractivity contribution in [3.8, 4) is 5.75 Å². The highest BCUT2D eigenvalue weighted by Gasteiger charge is 2.32. The van der Waals surface area contributed by atoms with Gasteiger partial charge in [-0.3, -0.25) is 0 Å². The zero-order valence-electron chi connectivity index (χ0n) is 14.0. The molecule has 120 valence electrons. The van der Waals surface area contributed by atoms with Crippen LogP contribution in [0.15, 0.2) is 42.6 Å². The van der Waals surface area contributed by atoms with E-state index in [9.17, 15) is 0 Å². The van der Waals surface area contributed by atoms with E-state index in [2.05, 4.69) is 47.6 Å². The minimum Gasteiger partial charge on any atom is -0.480 e. The molecule has 1 N–H and O–H groups in total. The fraction of sp³-hybridized carbons (Fsp3) is 0.316. The van der Waals surface area contributed by atoms with Crippen molar-refractivity contribution >= 4 is 11.4 Å². The van der Waals surface area contributed by atoms with Crippen LogP contribution in [0.25, 0.3) is 5.57 Å². The zero-order valence-corrected chi connectivity index (χ0v) is 14.0. The summed E-state index contributed by atoms with van der Waals surface area (Å²) in [6, 6.07) is 10.3. The Morgan fingerprint density at radius 1 is 1.26 bits per heavy atom. The normalized spacial score (nSPS) is 19.6. The first kappa shape index (κ1) is 15.6. The van der Waals surface area contributed by atoms with Gasteiger partial charge in [-0.25, -0.2) is 4.98 Å². The number of ether oxygens (including phenoxy) is 2. The van der Waals surface area contributed by atoms with Crippen LogP contribution >= 0.6 is 0 Å². The molecule has 0 saturated carbocycles. The summed E-state index contributed by atoms with van der Waals surface area (Å²) >= 11 is 0. The summed E-state index contributed by atoms with van der Waals surface area (Å²) in [5.41, 5.74) is 3.92. The summed E-state index contributed by atoms with van der Waals surface area (Å²) in [4.78, 5) is 4.44. The average molecular weight is 310 g/mol. The Hall–Kier alpha value is -2.33. The Labute approximate surface area is 137 Å². The summed E-state index contributed by atoms with van der Waals surface area (Å²) in [5, 5.41) is 3.05. The number of nitrogens with one attached hydrogen (secondary N) is 1. The van der Waals surface area contributed by atoms with Crippen molar-refractivity contribution in [1.29, 1.82) is 0 Å². The first-order valence-electron chi connectivity index (χ1n) is 7.71. The van der Waals surface area contributed by atoms with E-state index in [1.165, 1.54) is 0 Å². The fourth-order valence-electron chi connectivity index (χ4n) is 2.94. The second-order valence-corrected chi connectivity index (χ2v) is 6.04. The Kier molecular flexibility index (Phi) is 4.09. The summed E-state index contributed by atoms with van der Waals surface area (Å²) < 4.78 is 11.6. The molecule has 0 spiro atoms. The van der Waals surface area contributed by atoms with Gasteiger partial charge in [-0.1, -0.05) is 18.2 Å². The topological polar surface area (TPSA) is 43.4 Å². The van der Waals surface area contributed by atoms with E-state index in [4.69, 9.17) is 9.47 Å². The summed E-state index contributed by atoms with van der Waals surface area (Å²) in [5.74, 6) is 1.77. The zero-order chi connectivity index (χ0) is 16.4. The van der Waals surface area contributed by atoms with E-state index in [1.807, 2.05) is 26.2 Å². The Balaban J connectivity index is 2.14. The Morgan fingerprint density at radius 2 is 2.09 bits per heavy atom. The van der Waals surface area contributed by atoms with Crippen LogP contribution in [0.2, 0.25) is 0 Å². The third kappa shape index (κ3) is 2.94. The lowest BCUT2D eigenvalue weighted by Crippen LogP contribution is -2.38. The predicted octanol–water partition coefficient (Wildman–Crippen LogP) is 3.66. The van der Waals surface area contributed by atoms with Crippen molar-refractivity contribution in [2.45, 2.75) is 19.4 Å². The third-order valence-electron chi connectivity index (χ3n) is 4.05. The number of para-hydroxylation sites is 1. The molecule has 0 aliphatic carbocycles. The highest BCUT2D eigenvalue weighted by Crippen LogP contribution is 2.41. The van der Waals surface area contributed by atoms with Crippen molar-refractivity contribution in [2.24, 2.45) is 0 Å². The van der Waals surface area contributed by atoms with Crippen molar-refractivity contribution in [3.05, 3.63) is 59.3 Å². The number of hydrogen-bond acceptors (Lipinski definition) is 4. The van der Waals surface area contributed by atoms with Gasteiger partial charge in [0, 0.05) is 31.5 Å². The van der Waals surface area contributed by atoms with Crippen LogP contribution in [0.4, 0.5) is 5.82 Å². The average Bonchev–Trinajstić information content (AvgIpc) is 2.55. The van der Waals surface area contributed by atoms with Crippen molar-refractivity contribution in [2.75, 3.05) is 26.1 Å². The van der Waals surface area contributed by atoms with Crippen LogP contribution in [-0.2, 0) is 4.74 Å². The standard InChI is InChI=1S/C19H22N2O2/c1-13-6-5-7-15-16(14-8-9-17(20-3)21-11-14)10-19(2,12-22-4)23-18(13)15/h5-11H,12H2,1-4H3,(H,20,21). The minimum absolute atomic E-state index is 0.492. The maximum Gasteiger partial charge on any atom is 0.148 e. The first-order chi connectivity index (χ1) is 11.1. The smallest absolute Gasteiger partial charge is 0.148 e. The molecule has 0 radical (unpaired) electrons. The Morgan fingerprint density at radius 3 is 2.74 bits per heavy atom. The van der Waals surface area contributed by atoms with Gasteiger partial charge in [-0.2, -0.15) is 0 Å². The molecule has 3 rings (SSSR count). The molecule has 4 heteroatoms. The molecule has 0 amide bonds. The summed E-state index contributed by atoms with van der Waals surface area (Å²) in [7, 11) is 3.56. The molecule has 1 unspecified atom stereocenters. The van der Waals surface area contributed by atoms with Gasteiger partial charge in [-0.05, 0) is 43.2 Å². The van der Waals surface area contributed by atoms with Gasteiger partial charge in [0.2, 0.25) is 0 Å². The van der Waals surface area contributed by atoms with E-state index in [0.717, 1.165) is 33.8 Å². The lowest BCUT2D eigenvalue weighted by Gasteiger charge is -2.34. The Bertz CT molecular complexity index is 738. The molecule has 0 bridgehead atoms. The molecule has 1 aliphatic heterocycles. The molecule has 0 fully saturated rings. The number of fused-ring (bicyclic) bond motifs is 1. The van der Waals surface area contributed by atoms with Crippen molar-refractivity contribution in [3.63, 3.8) is 0 Å². The van der Waals surface area contributed by atoms with Gasteiger partial charge >= 0.3 is 0 Å². The lowest BCUT2D eigenvalue weighted by molar-refractivity contribution is 0.0369. The van der Waals surface area contributed by atoms with Crippen LogP contribution in [-0.4, -0.2) is 31.3 Å². The second-order valence-electron chi connectivity index (χ2n) is 6.04. The fourth-order valence-corrected chi connectivity index (χ4v) is 2.94. The SMILES string of the molecule is CNc1ccc(C2=CC(C)(COC)Oc3c(C)cccc32)cn1. The van der Waals surface area contributed by atoms with Crippen LogP contribution in [0.1, 0.15) is 23.6 Å². The lowest BCUT2D eigenvalue weighted by atomic mass is 9.89. The molecule has 1 atom stereocenters. The van der Waals surface area contributed by atoms with E-state index < -0.39 is 5.60 Å². The summed E-state index contributed by atoms with van der Waals surface area (Å²) in [6.07, 6.45) is 4.02. The monoisotopic (exact) mass is 310 g/mol. The maximum atomic E-state index is 6.25. The molecular weight excluding hydrogens is 288 g/mol. The quantitative estimate of drug-likeness (QED) is 0.936. The number of benzene rings is 1. The van der Waals surface area contributed by atoms with Crippen LogP contribution in [0.5, 0.6) is 5.75 Å². The highest BCUT2D eigenvalue weighted by molar-refractivity contribution is 5.85. The number of rotatable bonds is 4. The van der Waals surface area contributed by atoms with Gasteiger partial charge in [0.15, 0.2) is 0 Å². The second kappa shape index (κ2) is 6.05. The van der Waals surface area contributed by atoms with Gasteiger partial charge in [0.05, 0.1) is 6.61 Å². The van der Waals surface area contributed by atoms with Gasteiger partial charge in [-0.15, -0.1) is 0 Å². The van der Waals surface area contributed by atoms with Gasteiger partial charge in [0.25, 0.3) is 0 Å². The molecule has 4 nitrogen and oxygen atoms in total. The molecule has 1 aromatic heterocycles. The van der Waals surface area contributed by atoms with E-state index in [0.29, 0.717) is 6.61 Å². The van der Waals surface area contributed by atoms with E-state index >= 15 is 0 Å². The molecule has 2 heterocycles. The number of aryl methyl sites for hydroxylation is 1. The number of pyridine rings is 1. The number of aromatic nitrogens is 1. The highest BCUT2D eigenvalue weighted by atomic mass is 16.5. The van der Waals surface area contributed by atoms with Crippen LogP contribution in [0, 0.1) is 6.92 Å². The van der Waals surface area contributed by atoms with Crippen LogP contribution in [0.3, 0.4) is 0 Å². The predicted molar refractivity (Wildman–Crippen MR) is 93.0 cm³/mol. The maximum absolute atomic E-state index is 6.25. The minimum atomic E-state index is -0.495. The van der Waals surface area contributed by atoms with E-state index in [-0.39, 0.29) is 0 Å². The number of anilines is 1. The molecular formula is C19H22N2O2. The largest absolute Gasteiger partial charge is 0.480 e. The summed E-state index contributed by atoms with van der Waals surface area (Å²) in [6.45, 7) is 4.60. The van der Waals surface area contributed by atoms with Crippen LogP contribution < -0.4 is 10.1 Å². The number of hydrogen-bond donors (Lipinski definition) is 1. The molecule has 23 heavy (non-hydrogen) atoms. The molecule has 0 saturated heterocycles. The van der Waals surface area contributed by atoms with Gasteiger partial charge < -0.3 is 14.8 Å².